The van der Waals surface area contributed by atoms with Crippen molar-refractivity contribution >= 4 is 26.7 Å². The first-order valence-corrected chi connectivity index (χ1v) is 11.2. The average Bonchev–Trinajstić information content (AvgIpc) is 2.62. The molecule has 0 saturated carbocycles. The second kappa shape index (κ2) is 8.41. The number of anilines is 1. The smallest absolute Gasteiger partial charge is 0.368 e. The molecule has 29 heavy (non-hydrogen) atoms. The van der Waals surface area contributed by atoms with Crippen LogP contribution in [0.1, 0.15) is 18.9 Å². The lowest BCUT2D eigenvalue weighted by atomic mass is 9.95. The number of nitrogens with one attached hydrogen (secondary N) is 2. The molecule has 1 fully saturated rings. The highest BCUT2D eigenvalue weighted by Gasteiger charge is 2.35. The highest BCUT2D eigenvalue weighted by molar-refractivity contribution is 7.88. The first-order valence-electron chi connectivity index (χ1n) is 9.28. The first kappa shape index (κ1) is 21.7. The number of piperidine rings is 1. The van der Waals surface area contributed by atoms with Crippen molar-refractivity contribution in [2.45, 2.75) is 25.6 Å². The molecular weight excluding hydrogens is 407 g/mol. The summed E-state index contributed by atoms with van der Waals surface area (Å²) in [4.78, 5) is 10.1. The first-order chi connectivity index (χ1) is 13.5. The van der Waals surface area contributed by atoms with Crippen LogP contribution < -0.4 is 14.9 Å². The number of benzene rings is 1. The van der Waals surface area contributed by atoms with E-state index in [1.54, 1.807) is 0 Å². The Kier molecular flexibility index (Phi) is 6.30. The third-order valence-corrected chi connectivity index (χ3v) is 5.56. The Morgan fingerprint density at radius 2 is 1.83 bits per heavy atom. The quantitative estimate of drug-likeness (QED) is 0.681. The largest absolute Gasteiger partial charge is 0.418 e. The molecule has 2 N–H and O–H groups in total. The molecular formula is C18H24F3N5O2S. The van der Waals surface area contributed by atoms with E-state index in [9.17, 15) is 21.6 Å². The molecule has 11 heteroatoms. The van der Waals surface area contributed by atoms with E-state index in [1.165, 1.54) is 18.5 Å². The lowest BCUT2D eigenvalue weighted by molar-refractivity contribution is -0.136. The zero-order valence-electron chi connectivity index (χ0n) is 16.2. The number of fused-ring (bicyclic) bond motifs is 1. The average molecular weight is 431 g/mol. The molecule has 2 aromatic rings. The van der Waals surface area contributed by atoms with E-state index in [1.807, 2.05) is 4.90 Å². The number of alkyl halides is 3. The van der Waals surface area contributed by atoms with Crippen molar-refractivity contribution in [2.24, 2.45) is 5.92 Å². The molecule has 1 saturated heterocycles. The molecule has 0 bridgehead atoms. The van der Waals surface area contributed by atoms with Gasteiger partial charge in [0.05, 0.1) is 17.5 Å². The van der Waals surface area contributed by atoms with Gasteiger partial charge in [0.25, 0.3) is 0 Å². The molecule has 7 nitrogen and oxygen atoms in total. The van der Waals surface area contributed by atoms with Gasteiger partial charge in [0.2, 0.25) is 10.0 Å². The zero-order valence-corrected chi connectivity index (χ0v) is 17.0. The molecule has 1 aliphatic rings. The number of hydrogen-bond donors (Lipinski definition) is 2. The fourth-order valence-corrected chi connectivity index (χ4v) is 4.21. The summed E-state index contributed by atoms with van der Waals surface area (Å²) in [5, 5.41) is 3.32. The standard InChI is InChI=1S/C18H24F3N5O2S/c1-12-9-13(22-7-8-25-29(2,27)28)11-26(10-12)15-4-3-14(18(19,20)21)16-17(15)24-6-5-23-16/h3-6,12-13,22,25H,7-11H2,1-2H3/t12-,13+/m0/s1. The van der Waals surface area contributed by atoms with Crippen LogP contribution in [0, 0.1) is 5.92 Å². The van der Waals surface area contributed by atoms with Crippen LogP contribution >= 0.6 is 0 Å². The Labute approximate surface area is 167 Å². The fourth-order valence-electron chi connectivity index (χ4n) is 3.74. The van der Waals surface area contributed by atoms with Gasteiger partial charge in [-0.05, 0) is 24.5 Å². The molecule has 0 amide bonds. The van der Waals surface area contributed by atoms with Gasteiger partial charge in [-0.15, -0.1) is 0 Å². The minimum Gasteiger partial charge on any atom is -0.368 e. The molecule has 160 valence electrons. The van der Waals surface area contributed by atoms with Crippen LogP contribution in [0.25, 0.3) is 11.0 Å². The van der Waals surface area contributed by atoms with Crippen LogP contribution in [0.3, 0.4) is 0 Å². The maximum absolute atomic E-state index is 13.3. The van der Waals surface area contributed by atoms with Crippen molar-refractivity contribution < 1.29 is 21.6 Å². The normalized spacial score (nSPS) is 20.9. The lowest BCUT2D eigenvalue weighted by Gasteiger charge is -2.38. The van der Waals surface area contributed by atoms with Crippen molar-refractivity contribution in [1.29, 1.82) is 0 Å². The Hall–Kier alpha value is -1.98. The second-order valence-electron chi connectivity index (χ2n) is 7.45. The van der Waals surface area contributed by atoms with Crippen LogP contribution in [-0.4, -0.2) is 56.9 Å². The van der Waals surface area contributed by atoms with Crippen molar-refractivity contribution in [3.63, 3.8) is 0 Å². The Balaban J connectivity index is 1.80. The number of hydrogen-bond acceptors (Lipinski definition) is 6. The summed E-state index contributed by atoms with van der Waals surface area (Å²) in [5.41, 5.74) is -0.101. The van der Waals surface area contributed by atoms with E-state index in [0.717, 1.165) is 18.7 Å². The molecule has 0 unspecified atom stereocenters. The number of aromatic nitrogens is 2. The third kappa shape index (κ3) is 5.55. The summed E-state index contributed by atoms with van der Waals surface area (Å²) in [6, 6.07) is 2.60. The monoisotopic (exact) mass is 431 g/mol. The summed E-state index contributed by atoms with van der Waals surface area (Å²) in [6.45, 7) is 4.09. The maximum Gasteiger partial charge on any atom is 0.418 e. The highest BCUT2D eigenvalue weighted by Crippen LogP contribution is 2.37. The van der Waals surface area contributed by atoms with E-state index in [0.29, 0.717) is 31.2 Å². The van der Waals surface area contributed by atoms with Crippen LogP contribution in [-0.2, 0) is 16.2 Å². The van der Waals surface area contributed by atoms with Crippen LogP contribution in [0.2, 0.25) is 0 Å². The second-order valence-corrected chi connectivity index (χ2v) is 9.28. The molecule has 2 heterocycles. The van der Waals surface area contributed by atoms with Crippen LogP contribution in [0.15, 0.2) is 24.5 Å². The minimum absolute atomic E-state index is 0.0779. The van der Waals surface area contributed by atoms with Crippen molar-refractivity contribution in [2.75, 3.05) is 37.3 Å². The molecule has 0 spiro atoms. The molecule has 2 atom stereocenters. The minimum atomic E-state index is -4.50. The predicted octanol–water partition coefficient (Wildman–Crippen LogP) is 2.00. The van der Waals surface area contributed by atoms with Crippen molar-refractivity contribution in [3.8, 4) is 0 Å². The summed E-state index contributed by atoms with van der Waals surface area (Å²) in [6.07, 6.45) is 0.151. The Morgan fingerprint density at radius 3 is 2.48 bits per heavy atom. The van der Waals surface area contributed by atoms with Gasteiger partial charge in [-0.25, -0.2) is 13.1 Å². The van der Waals surface area contributed by atoms with E-state index in [4.69, 9.17) is 0 Å². The van der Waals surface area contributed by atoms with Crippen LogP contribution in [0.5, 0.6) is 0 Å². The lowest BCUT2D eigenvalue weighted by Crippen LogP contribution is -2.50. The van der Waals surface area contributed by atoms with Crippen LogP contribution in [0.4, 0.5) is 18.9 Å². The van der Waals surface area contributed by atoms with Crippen molar-refractivity contribution in [3.05, 3.63) is 30.1 Å². The Bertz CT molecular complexity index is 968. The third-order valence-electron chi connectivity index (χ3n) is 4.83. The topological polar surface area (TPSA) is 87.2 Å². The molecule has 1 aromatic heterocycles. The number of sulfonamides is 1. The fraction of sp³-hybridized carbons (Fsp3) is 0.556. The van der Waals surface area contributed by atoms with Gasteiger partial charge in [0.15, 0.2) is 0 Å². The molecule has 3 rings (SSSR count). The summed E-state index contributed by atoms with van der Waals surface area (Å²) < 4.78 is 64.7. The van der Waals surface area contributed by atoms with E-state index >= 15 is 0 Å². The summed E-state index contributed by atoms with van der Waals surface area (Å²) in [5.74, 6) is 0.304. The predicted molar refractivity (Wildman–Crippen MR) is 105 cm³/mol. The van der Waals surface area contributed by atoms with Gasteiger partial charge in [0, 0.05) is 44.6 Å². The van der Waals surface area contributed by atoms with Gasteiger partial charge < -0.3 is 10.2 Å². The zero-order chi connectivity index (χ0) is 21.2. The molecule has 1 aromatic carbocycles. The number of nitrogens with zero attached hydrogens (tertiary/aromatic N) is 3. The molecule has 1 aliphatic heterocycles. The van der Waals surface area contributed by atoms with E-state index < -0.39 is 21.8 Å². The number of rotatable bonds is 6. The SMILES string of the molecule is C[C@H]1C[C@@H](NCCNS(C)(=O)=O)CN(c2ccc(C(F)(F)F)c3nccnc23)C1. The van der Waals surface area contributed by atoms with Gasteiger partial charge in [-0.3, -0.25) is 9.97 Å². The summed E-state index contributed by atoms with van der Waals surface area (Å²) >= 11 is 0. The van der Waals surface area contributed by atoms with Gasteiger partial charge >= 0.3 is 6.18 Å². The molecule has 0 aliphatic carbocycles. The van der Waals surface area contributed by atoms with Gasteiger partial charge in [-0.1, -0.05) is 6.92 Å². The van der Waals surface area contributed by atoms with E-state index in [-0.39, 0.29) is 23.6 Å². The summed E-state index contributed by atoms with van der Waals surface area (Å²) in [7, 11) is -3.24. The van der Waals surface area contributed by atoms with Crippen molar-refractivity contribution in [1.82, 2.24) is 20.0 Å². The maximum atomic E-state index is 13.3. The Morgan fingerprint density at radius 1 is 1.14 bits per heavy atom. The highest BCUT2D eigenvalue weighted by atomic mass is 32.2. The number of halogens is 3. The van der Waals surface area contributed by atoms with Gasteiger partial charge in [-0.2, -0.15) is 13.2 Å². The van der Waals surface area contributed by atoms with E-state index in [2.05, 4.69) is 26.9 Å². The molecule has 0 radical (unpaired) electrons. The van der Waals surface area contributed by atoms with Gasteiger partial charge in [0.1, 0.15) is 11.0 Å².